The van der Waals surface area contributed by atoms with E-state index in [9.17, 15) is 14.0 Å². The molecule has 0 radical (unpaired) electrons. The maximum atomic E-state index is 13.3. The maximum Gasteiger partial charge on any atom is 0.251 e. The lowest BCUT2D eigenvalue weighted by atomic mass is 9.89. The second-order valence-corrected chi connectivity index (χ2v) is 7.78. The molecule has 0 bridgehead atoms. The van der Waals surface area contributed by atoms with E-state index in [2.05, 4.69) is 5.32 Å². The van der Waals surface area contributed by atoms with Crippen LogP contribution < -0.4 is 5.32 Å². The molecule has 160 valence electrons. The van der Waals surface area contributed by atoms with Gasteiger partial charge in [-0.05, 0) is 60.6 Å². The number of hydrogen-bond donors (Lipinski definition) is 1. The van der Waals surface area contributed by atoms with Gasteiger partial charge in [0, 0.05) is 32.3 Å². The summed E-state index contributed by atoms with van der Waals surface area (Å²) in [5, 5.41) is 2.81. The molecule has 1 saturated heterocycles. The topological polar surface area (TPSA) is 58.6 Å². The van der Waals surface area contributed by atoms with E-state index < -0.39 is 0 Å². The molecule has 1 aliphatic rings. The zero-order valence-corrected chi connectivity index (χ0v) is 17.4. The second kappa shape index (κ2) is 10.9. The van der Waals surface area contributed by atoms with Gasteiger partial charge in [-0.15, -0.1) is 0 Å². The molecule has 5 nitrogen and oxygen atoms in total. The molecule has 2 aromatic rings. The summed E-state index contributed by atoms with van der Waals surface area (Å²) in [4.78, 5) is 26.4. The number of amides is 2. The van der Waals surface area contributed by atoms with Crippen molar-refractivity contribution in [1.82, 2.24) is 10.2 Å². The molecule has 3 rings (SSSR count). The van der Waals surface area contributed by atoms with Crippen molar-refractivity contribution >= 4 is 11.8 Å². The van der Waals surface area contributed by atoms with Gasteiger partial charge < -0.3 is 15.0 Å². The minimum Gasteiger partial charge on any atom is -0.383 e. The molecule has 0 unspecified atom stereocenters. The lowest BCUT2D eigenvalue weighted by molar-refractivity contribution is -0.131. The summed E-state index contributed by atoms with van der Waals surface area (Å²) >= 11 is 0. The number of piperidine rings is 1. The molecule has 0 spiro atoms. The molecule has 6 heteroatoms. The van der Waals surface area contributed by atoms with E-state index in [0.29, 0.717) is 30.2 Å². The summed E-state index contributed by atoms with van der Waals surface area (Å²) in [6, 6.07) is 14.0. The van der Waals surface area contributed by atoms with Crippen molar-refractivity contribution in [2.24, 2.45) is 5.92 Å². The van der Waals surface area contributed by atoms with Gasteiger partial charge >= 0.3 is 0 Å². The number of nitrogens with zero attached hydrogens (tertiary/aromatic N) is 1. The number of nitrogens with one attached hydrogen (secondary N) is 1. The minimum absolute atomic E-state index is 0.0582. The Labute approximate surface area is 177 Å². The second-order valence-electron chi connectivity index (χ2n) is 7.78. The zero-order chi connectivity index (χ0) is 21.3. The number of rotatable bonds is 8. The summed E-state index contributed by atoms with van der Waals surface area (Å²) in [5.41, 5.74) is 2.56. The van der Waals surface area contributed by atoms with Crippen LogP contribution in [0.15, 0.2) is 48.5 Å². The van der Waals surface area contributed by atoms with Crippen LogP contribution in [0.3, 0.4) is 0 Å². The summed E-state index contributed by atoms with van der Waals surface area (Å²) < 4.78 is 18.2. The van der Waals surface area contributed by atoms with E-state index in [0.717, 1.165) is 32.4 Å². The monoisotopic (exact) mass is 412 g/mol. The van der Waals surface area contributed by atoms with Crippen LogP contribution >= 0.6 is 0 Å². The highest BCUT2D eigenvalue weighted by atomic mass is 19.1. The Morgan fingerprint density at radius 2 is 1.83 bits per heavy atom. The van der Waals surface area contributed by atoms with Crippen LogP contribution in [0.4, 0.5) is 4.39 Å². The molecule has 0 aliphatic carbocycles. The average Bonchev–Trinajstić information content (AvgIpc) is 2.75. The summed E-state index contributed by atoms with van der Waals surface area (Å²) in [6.07, 6.45) is 3.09. The van der Waals surface area contributed by atoms with Crippen molar-refractivity contribution in [2.45, 2.75) is 25.7 Å². The Morgan fingerprint density at radius 1 is 1.10 bits per heavy atom. The average molecular weight is 413 g/mol. The Bertz CT molecular complexity index is 846. The molecule has 1 heterocycles. The fraction of sp³-hybridized carbons (Fsp3) is 0.417. The number of carbonyl (C=O) groups is 2. The number of benzene rings is 2. The Morgan fingerprint density at radius 3 is 2.50 bits per heavy atom. The largest absolute Gasteiger partial charge is 0.383 e. The lowest BCUT2D eigenvalue weighted by Crippen LogP contribution is -2.39. The Kier molecular flexibility index (Phi) is 7.97. The van der Waals surface area contributed by atoms with Crippen molar-refractivity contribution in [3.63, 3.8) is 0 Å². The number of carbonyl (C=O) groups excluding carboxylic acids is 2. The summed E-state index contributed by atoms with van der Waals surface area (Å²) in [7, 11) is 1.60. The van der Waals surface area contributed by atoms with E-state index in [4.69, 9.17) is 4.74 Å². The molecule has 1 fully saturated rings. The van der Waals surface area contributed by atoms with E-state index in [1.165, 1.54) is 17.7 Å². The third-order valence-electron chi connectivity index (χ3n) is 5.54. The summed E-state index contributed by atoms with van der Waals surface area (Å²) in [6.45, 7) is 2.46. The van der Waals surface area contributed by atoms with Gasteiger partial charge in [0.15, 0.2) is 0 Å². The molecule has 2 amide bonds. The number of methoxy groups -OCH3 is 1. The van der Waals surface area contributed by atoms with Crippen LogP contribution in [-0.2, 0) is 22.4 Å². The first-order chi connectivity index (χ1) is 14.5. The quantitative estimate of drug-likeness (QED) is 0.678. The van der Waals surface area contributed by atoms with Gasteiger partial charge in [0.25, 0.3) is 5.91 Å². The third kappa shape index (κ3) is 6.39. The van der Waals surface area contributed by atoms with Crippen LogP contribution in [-0.4, -0.2) is 50.1 Å². The van der Waals surface area contributed by atoms with Gasteiger partial charge in [0.1, 0.15) is 5.82 Å². The van der Waals surface area contributed by atoms with Gasteiger partial charge in [-0.25, -0.2) is 4.39 Å². The van der Waals surface area contributed by atoms with E-state index in [1.807, 2.05) is 29.2 Å². The van der Waals surface area contributed by atoms with Crippen LogP contribution in [0.25, 0.3) is 0 Å². The highest BCUT2D eigenvalue weighted by Gasteiger charge is 2.23. The standard InChI is InChI=1S/C24H29FN2O3/c1-30-14-11-26-24(29)21-7-5-18(6-8-21)15-19-9-12-27(13-10-19)23(28)17-20-3-2-4-22(25)16-20/h2-8,16,19H,9-15,17H2,1H3,(H,26,29). The van der Waals surface area contributed by atoms with Crippen molar-refractivity contribution in [1.29, 1.82) is 0 Å². The van der Waals surface area contributed by atoms with E-state index in [-0.39, 0.29) is 24.1 Å². The van der Waals surface area contributed by atoms with Gasteiger partial charge in [-0.2, -0.15) is 0 Å². The first kappa shape index (κ1) is 22.0. The number of likely N-dealkylation sites (tertiary alicyclic amines) is 1. The smallest absolute Gasteiger partial charge is 0.251 e. The van der Waals surface area contributed by atoms with E-state index in [1.54, 1.807) is 19.2 Å². The van der Waals surface area contributed by atoms with Gasteiger partial charge in [-0.1, -0.05) is 24.3 Å². The van der Waals surface area contributed by atoms with Crippen LogP contribution in [0.2, 0.25) is 0 Å². The summed E-state index contributed by atoms with van der Waals surface area (Å²) in [5.74, 6) is 0.175. The molecule has 0 aromatic heterocycles. The number of halogens is 1. The predicted octanol–water partition coefficient (Wildman–Crippen LogP) is 3.23. The maximum absolute atomic E-state index is 13.3. The molecular weight excluding hydrogens is 383 g/mol. The fourth-order valence-electron chi connectivity index (χ4n) is 3.81. The lowest BCUT2D eigenvalue weighted by Gasteiger charge is -2.32. The van der Waals surface area contributed by atoms with Gasteiger partial charge in [0.05, 0.1) is 13.0 Å². The molecular formula is C24H29FN2O3. The van der Waals surface area contributed by atoms with Gasteiger partial charge in [-0.3, -0.25) is 9.59 Å². The van der Waals surface area contributed by atoms with Crippen molar-refractivity contribution < 1.29 is 18.7 Å². The number of hydrogen-bond acceptors (Lipinski definition) is 3. The molecule has 2 aromatic carbocycles. The van der Waals surface area contributed by atoms with Crippen LogP contribution in [0.1, 0.15) is 34.3 Å². The fourth-order valence-corrected chi connectivity index (χ4v) is 3.81. The van der Waals surface area contributed by atoms with Gasteiger partial charge in [0.2, 0.25) is 5.91 Å². The Balaban J connectivity index is 1.44. The third-order valence-corrected chi connectivity index (χ3v) is 5.54. The molecule has 30 heavy (non-hydrogen) atoms. The first-order valence-electron chi connectivity index (χ1n) is 10.4. The SMILES string of the molecule is COCCNC(=O)c1ccc(CC2CCN(C(=O)Cc3cccc(F)c3)CC2)cc1. The molecule has 1 aliphatic heterocycles. The molecule has 1 N–H and O–H groups in total. The first-order valence-corrected chi connectivity index (χ1v) is 10.4. The zero-order valence-electron chi connectivity index (χ0n) is 17.4. The van der Waals surface area contributed by atoms with E-state index >= 15 is 0 Å². The van der Waals surface area contributed by atoms with Crippen LogP contribution in [0.5, 0.6) is 0 Å². The van der Waals surface area contributed by atoms with Crippen molar-refractivity contribution in [3.8, 4) is 0 Å². The predicted molar refractivity (Wildman–Crippen MR) is 114 cm³/mol. The normalized spacial score (nSPS) is 14.5. The highest BCUT2D eigenvalue weighted by Crippen LogP contribution is 2.22. The molecule has 0 saturated carbocycles. The number of ether oxygens (including phenoxy) is 1. The highest BCUT2D eigenvalue weighted by molar-refractivity contribution is 5.94. The minimum atomic E-state index is -0.308. The molecule has 0 atom stereocenters. The van der Waals surface area contributed by atoms with Crippen molar-refractivity contribution in [2.75, 3.05) is 33.4 Å². The van der Waals surface area contributed by atoms with Crippen LogP contribution in [0, 0.1) is 11.7 Å². The Hall–Kier alpha value is -2.73. The van der Waals surface area contributed by atoms with Crippen molar-refractivity contribution in [3.05, 3.63) is 71.0 Å².